The smallest absolute Gasteiger partial charge is 0.276 e. The fourth-order valence-corrected chi connectivity index (χ4v) is 5.56. The van der Waals surface area contributed by atoms with Gasteiger partial charge in [-0.1, -0.05) is 13.0 Å². The van der Waals surface area contributed by atoms with Crippen LogP contribution in [-0.4, -0.2) is 75.2 Å². The van der Waals surface area contributed by atoms with Gasteiger partial charge in [0, 0.05) is 49.0 Å². The Kier molecular flexibility index (Phi) is 7.75. The number of pyridine rings is 2. The molecule has 0 spiro atoms. The first-order valence-electron chi connectivity index (χ1n) is 14.3. The number of likely N-dealkylation sites (tertiary alicyclic amines) is 2. The Morgan fingerprint density at radius 2 is 1.82 bits per heavy atom. The third-order valence-electron chi connectivity index (χ3n) is 8.14. The van der Waals surface area contributed by atoms with Gasteiger partial charge >= 0.3 is 0 Å². The monoisotopic (exact) mass is 539 g/mol. The highest BCUT2D eigenvalue weighted by atomic mass is 16.5. The van der Waals surface area contributed by atoms with E-state index in [0.717, 1.165) is 73.5 Å². The molecule has 208 valence electrons. The summed E-state index contributed by atoms with van der Waals surface area (Å²) in [4.78, 5) is 26.9. The van der Waals surface area contributed by atoms with Gasteiger partial charge in [0.25, 0.3) is 5.91 Å². The predicted molar refractivity (Wildman–Crippen MR) is 156 cm³/mol. The Labute approximate surface area is 235 Å². The third-order valence-corrected chi connectivity index (χ3v) is 8.14. The van der Waals surface area contributed by atoms with Crippen molar-refractivity contribution in [2.45, 2.75) is 45.3 Å². The van der Waals surface area contributed by atoms with Gasteiger partial charge in [0.2, 0.25) is 5.88 Å². The molecule has 3 aromatic heterocycles. The molecule has 2 aliphatic heterocycles. The Hall–Kier alpha value is -3.82. The van der Waals surface area contributed by atoms with Crippen LogP contribution in [0.25, 0.3) is 22.0 Å². The van der Waals surface area contributed by atoms with Gasteiger partial charge in [-0.25, -0.2) is 4.98 Å². The van der Waals surface area contributed by atoms with Crippen LogP contribution in [-0.2, 0) is 6.54 Å². The first-order chi connectivity index (χ1) is 19.5. The van der Waals surface area contributed by atoms with Crippen LogP contribution in [0.3, 0.4) is 0 Å². The number of benzene rings is 1. The number of H-pyrrole nitrogens is 1. The maximum atomic E-state index is 13.2. The zero-order valence-electron chi connectivity index (χ0n) is 23.3. The summed E-state index contributed by atoms with van der Waals surface area (Å²) < 4.78 is 6.03. The summed E-state index contributed by atoms with van der Waals surface area (Å²) in [6.45, 7) is 7.56. The molecule has 40 heavy (non-hydrogen) atoms. The number of piperidine rings is 2. The zero-order chi connectivity index (χ0) is 27.5. The molecular weight excluding hydrogens is 502 g/mol. The van der Waals surface area contributed by atoms with Crippen LogP contribution >= 0.6 is 0 Å². The summed E-state index contributed by atoms with van der Waals surface area (Å²) in [6, 6.07) is 11.8. The normalized spacial score (nSPS) is 17.8. The molecule has 2 aliphatic rings. The Bertz CT molecular complexity index is 1450. The molecule has 0 saturated carbocycles. The van der Waals surface area contributed by atoms with Crippen molar-refractivity contribution in [2.75, 3.05) is 38.5 Å². The number of rotatable bonds is 7. The molecule has 1 amide bonds. The molecule has 0 unspecified atom stereocenters. The van der Waals surface area contributed by atoms with Gasteiger partial charge in [0.05, 0.1) is 17.4 Å². The highest BCUT2D eigenvalue weighted by molar-refractivity contribution is 6.11. The van der Waals surface area contributed by atoms with Crippen LogP contribution in [0.1, 0.15) is 48.7 Å². The lowest BCUT2D eigenvalue weighted by atomic mass is 9.98. The largest absolute Gasteiger partial charge is 0.474 e. The van der Waals surface area contributed by atoms with E-state index in [9.17, 15) is 4.79 Å². The maximum absolute atomic E-state index is 13.2. The number of nitrogens with one attached hydrogen (secondary N) is 2. The molecule has 0 atom stereocenters. The van der Waals surface area contributed by atoms with E-state index in [0.29, 0.717) is 17.3 Å². The first kappa shape index (κ1) is 26.4. The highest BCUT2D eigenvalue weighted by Crippen LogP contribution is 2.27. The molecule has 9 nitrogen and oxygen atoms in total. The second-order valence-corrected chi connectivity index (χ2v) is 11.3. The molecular formula is C31H37N7O2. The Morgan fingerprint density at radius 1 is 1.00 bits per heavy atom. The summed E-state index contributed by atoms with van der Waals surface area (Å²) >= 11 is 0. The number of ether oxygens (including phenoxy) is 1. The van der Waals surface area contributed by atoms with Gasteiger partial charge in [0.15, 0.2) is 5.69 Å². The van der Waals surface area contributed by atoms with Gasteiger partial charge in [0.1, 0.15) is 6.10 Å². The average Bonchev–Trinajstić information content (AvgIpc) is 3.40. The highest BCUT2D eigenvalue weighted by Gasteiger charge is 2.20. The third kappa shape index (κ3) is 6.16. The van der Waals surface area contributed by atoms with E-state index in [4.69, 9.17) is 4.74 Å². The van der Waals surface area contributed by atoms with E-state index in [1.165, 1.54) is 18.4 Å². The Morgan fingerprint density at radius 3 is 2.60 bits per heavy atom. The van der Waals surface area contributed by atoms with Crippen molar-refractivity contribution in [3.8, 4) is 17.0 Å². The number of amides is 1. The number of aromatic nitrogens is 4. The predicted octanol–water partition coefficient (Wildman–Crippen LogP) is 4.98. The second-order valence-electron chi connectivity index (χ2n) is 11.3. The molecule has 2 N–H and O–H groups in total. The summed E-state index contributed by atoms with van der Waals surface area (Å²) in [7, 11) is 2.13. The van der Waals surface area contributed by atoms with Crippen molar-refractivity contribution >= 4 is 22.5 Å². The minimum atomic E-state index is -0.291. The molecule has 0 radical (unpaired) electrons. The molecule has 2 saturated heterocycles. The topological polar surface area (TPSA) is 99.3 Å². The van der Waals surface area contributed by atoms with Crippen LogP contribution in [0.2, 0.25) is 0 Å². The van der Waals surface area contributed by atoms with Crippen molar-refractivity contribution in [3.05, 3.63) is 66.2 Å². The van der Waals surface area contributed by atoms with E-state index in [-0.39, 0.29) is 12.0 Å². The summed E-state index contributed by atoms with van der Waals surface area (Å²) in [5, 5.41) is 11.0. The fourth-order valence-electron chi connectivity index (χ4n) is 5.56. The van der Waals surface area contributed by atoms with Crippen LogP contribution in [0.15, 0.2) is 55.0 Å². The first-order valence-corrected chi connectivity index (χ1v) is 14.3. The SMILES string of the molecule is CC1CCN(Cc2cncc(-c3ccc4[nH]nc(C(=O)Nc5ccc(OC6CCN(C)CC6)nc5)c4c3)c2)CC1. The molecule has 4 aromatic rings. The molecule has 5 heterocycles. The molecule has 0 bridgehead atoms. The van der Waals surface area contributed by atoms with Crippen LogP contribution < -0.4 is 10.1 Å². The fraction of sp³-hybridized carbons (Fsp3) is 0.419. The number of carbonyl (C=O) groups excluding carboxylic acids is 1. The van der Waals surface area contributed by atoms with Crippen molar-refractivity contribution < 1.29 is 9.53 Å². The van der Waals surface area contributed by atoms with E-state index in [1.807, 2.05) is 36.7 Å². The standard InChI is InChI=1S/C31H37N7O2/c1-21-7-13-38(14-8-21)20-22-15-24(18-32-17-22)23-3-5-28-27(16-23)30(36-35-28)31(39)34-25-4-6-29(33-19-25)40-26-9-11-37(2)12-10-26/h3-6,15-19,21,26H,7-14,20H2,1-2H3,(H,34,39)(H,35,36). The lowest BCUT2D eigenvalue weighted by Gasteiger charge is -2.30. The van der Waals surface area contributed by atoms with E-state index in [2.05, 4.69) is 55.3 Å². The minimum absolute atomic E-state index is 0.179. The molecule has 0 aliphatic carbocycles. The number of anilines is 1. The molecule has 2 fully saturated rings. The van der Waals surface area contributed by atoms with Crippen molar-refractivity contribution in [1.29, 1.82) is 0 Å². The summed E-state index contributed by atoms with van der Waals surface area (Å²) in [6.07, 6.45) is 10.1. The molecule has 1 aromatic carbocycles. The number of carbonyl (C=O) groups is 1. The van der Waals surface area contributed by atoms with Gasteiger partial charge in [-0.3, -0.25) is 19.8 Å². The second kappa shape index (κ2) is 11.7. The maximum Gasteiger partial charge on any atom is 0.276 e. The van der Waals surface area contributed by atoms with Gasteiger partial charge in [-0.2, -0.15) is 5.10 Å². The van der Waals surface area contributed by atoms with Crippen LogP contribution in [0, 0.1) is 5.92 Å². The van der Waals surface area contributed by atoms with E-state index < -0.39 is 0 Å². The van der Waals surface area contributed by atoms with E-state index >= 15 is 0 Å². The van der Waals surface area contributed by atoms with Crippen molar-refractivity contribution in [2.24, 2.45) is 5.92 Å². The lowest BCUT2D eigenvalue weighted by Crippen LogP contribution is -2.35. The zero-order valence-corrected chi connectivity index (χ0v) is 23.3. The Balaban J connectivity index is 1.13. The molecule has 9 heteroatoms. The lowest BCUT2D eigenvalue weighted by molar-refractivity contribution is 0.102. The number of fused-ring (bicyclic) bond motifs is 1. The number of nitrogens with zero attached hydrogens (tertiary/aromatic N) is 5. The average molecular weight is 540 g/mol. The van der Waals surface area contributed by atoms with Crippen LogP contribution in [0.5, 0.6) is 5.88 Å². The minimum Gasteiger partial charge on any atom is -0.474 e. The van der Waals surface area contributed by atoms with Gasteiger partial charge < -0.3 is 15.0 Å². The number of hydrogen-bond acceptors (Lipinski definition) is 7. The van der Waals surface area contributed by atoms with Crippen molar-refractivity contribution in [3.63, 3.8) is 0 Å². The summed E-state index contributed by atoms with van der Waals surface area (Å²) in [5.74, 6) is 1.10. The summed E-state index contributed by atoms with van der Waals surface area (Å²) in [5.41, 5.74) is 4.98. The quantitative estimate of drug-likeness (QED) is 0.342. The van der Waals surface area contributed by atoms with E-state index in [1.54, 1.807) is 12.3 Å². The number of aromatic amines is 1. The molecule has 6 rings (SSSR count). The van der Waals surface area contributed by atoms with Crippen molar-refractivity contribution in [1.82, 2.24) is 30.0 Å². The van der Waals surface area contributed by atoms with Crippen LogP contribution in [0.4, 0.5) is 5.69 Å². The number of hydrogen-bond donors (Lipinski definition) is 2. The van der Waals surface area contributed by atoms with Gasteiger partial charge in [-0.15, -0.1) is 0 Å². The van der Waals surface area contributed by atoms with Gasteiger partial charge in [-0.05, 0) is 87.1 Å².